The zero-order valence-corrected chi connectivity index (χ0v) is 48.3. The lowest BCUT2D eigenvalue weighted by Gasteiger charge is -2.48. The van der Waals surface area contributed by atoms with Gasteiger partial charge in [0.05, 0.1) is 44.5 Å². The molecule has 10 heterocycles. The van der Waals surface area contributed by atoms with Crippen molar-refractivity contribution in [1.29, 1.82) is 0 Å². The summed E-state index contributed by atoms with van der Waals surface area (Å²) in [6.45, 7) is -2.23. The van der Waals surface area contributed by atoms with E-state index < -0.39 is 145 Å². The van der Waals surface area contributed by atoms with Gasteiger partial charge in [-0.25, -0.2) is 38.4 Å². The summed E-state index contributed by atoms with van der Waals surface area (Å²) in [4.78, 5) is 115. The molecule has 8 aromatic rings. The lowest BCUT2D eigenvalue weighted by atomic mass is 9.95. The molecule has 0 saturated carbocycles. The van der Waals surface area contributed by atoms with Crippen LogP contribution in [-0.4, -0.2) is 122 Å². The van der Waals surface area contributed by atoms with E-state index in [9.17, 15) is 80.0 Å². The van der Waals surface area contributed by atoms with Crippen LogP contribution in [0.2, 0.25) is 0 Å². The average molecular weight is 1310 g/mol. The summed E-state index contributed by atoms with van der Waals surface area (Å²) in [5, 5.41) is 97.4. The molecule has 2 aliphatic heterocycles. The van der Waals surface area contributed by atoms with Crippen molar-refractivity contribution in [1.82, 2.24) is 0 Å². The normalized spacial score (nSPS) is 20.5. The molecule has 488 valence electrons. The van der Waals surface area contributed by atoms with E-state index in [1.165, 1.54) is 0 Å². The molecule has 35 nitrogen and oxygen atoms in total. The van der Waals surface area contributed by atoms with Crippen molar-refractivity contribution < 1.29 is 128 Å². The molecule has 0 aromatic carbocycles. The third-order valence-corrected chi connectivity index (χ3v) is 14.0. The zero-order chi connectivity index (χ0) is 67.4. The molecular weight excluding hydrogens is 1260 g/mol. The van der Waals surface area contributed by atoms with Gasteiger partial charge in [-0.05, 0) is 0 Å². The molecule has 0 bridgehead atoms. The topological polar surface area (TPSA) is 454 Å². The van der Waals surface area contributed by atoms with E-state index in [1.807, 2.05) is 0 Å². The summed E-state index contributed by atoms with van der Waals surface area (Å²) < 4.78 is 69.8. The van der Waals surface area contributed by atoms with Crippen LogP contribution in [0.5, 0.6) is 0 Å². The number of pyridine rings is 8. The van der Waals surface area contributed by atoms with Crippen LogP contribution in [0.15, 0.2) is 196 Å². The summed E-state index contributed by atoms with van der Waals surface area (Å²) in [5.41, 5.74) is -2.86. The summed E-state index contributed by atoms with van der Waals surface area (Å²) >= 11 is 0. The molecule has 2 saturated heterocycles. The smallest absolute Gasteiger partial charge is 0.341 e. The van der Waals surface area contributed by atoms with Crippen LogP contribution < -0.4 is 37.8 Å². The highest BCUT2D eigenvalue weighted by atomic mass is 16.8. The number of nitrogens with zero attached hydrogens (tertiary/aromatic N) is 8. The molecule has 10 atom stereocenters. The molecule has 2 aliphatic rings. The summed E-state index contributed by atoms with van der Waals surface area (Å²) in [7, 11) is 0. The van der Waals surface area contributed by atoms with E-state index in [0.29, 0.717) is 28.4 Å². The molecule has 0 radical (unpaired) electrons. The first-order valence-electron chi connectivity index (χ1n) is 27.7. The van der Waals surface area contributed by atoms with Gasteiger partial charge in [0.25, 0.3) is 0 Å². The molecule has 0 amide bonds. The number of esters is 8. The standard InChI is InChI=1S/C60H46N8O27/c69-51(35-1-17-61(77)18-2-35)85-33-43-45(89-53(71)37-5-21-63(79)22-6-37)47(90-54(72)38-7-23-64(80)24-8-38)49(92-56(74)40-11-27-66(82)28-12-40)59(87-43)94-46-44(34-86-52(70)36-3-19-62(78)20-4-36)88-60(95-58(76)42-15-31-68(84)32-16-42)50(93-57(75)41-13-29-67(83)30-14-41)48(46)91-55(73)39-9-25-65(81)26-10-39/h1-32,43-50,59-60H,33-34H2/t43-,44-,45-,46-,47+,48+,49-,50-,59+,60+/m1/s1. The van der Waals surface area contributed by atoms with Gasteiger partial charge in [-0.3, -0.25) is 0 Å². The van der Waals surface area contributed by atoms with Gasteiger partial charge in [-0.2, -0.15) is 37.8 Å². The van der Waals surface area contributed by atoms with E-state index in [4.69, 9.17) is 52.1 Å². The van der Waals surface area contributed by atoms with Crippen molar-refractivity contribution in [2.45, 2.75) is 61.4 Å². The van der Waals surface area contributed by atoms with Gasteiger partial charge in [0.1, 0.15) is 31.5 Å². The van der Waals surface area contributed by atoms with Crippen LogP contribution >= 0.6 is 0 Å². The first kappa shape index (κ1) is 65.2. The molecule has 35 heteroatoms. The van der Waals surface area contributed by atoms with Crippen LogP contribution in [0.25, 0.3) is 0 Å². The quantitative estimate of drug-likeness (QED) is 0.0366. The fraction of sp³-hybridized carbons (Fsp3) is 0.200. The minimum absolute atomic E-state index is 0.256. The Hall–Kier alpha value is -12.8. The van der Waals surface area contributed by atoms with Gasteiger partial charge in [-0.1, -0.05) is 0 Å². The molecule has 0 spiro atoms. The van der Waals surface area contributed by atoms with E-state index in [-0.39, 0.29) is 31.7 Å². The number of carbonyl (C=O) groups is 8. The number of rotatable bonds is 20. The Labute approximate surface area is 531 Å². The summed E-state index contributed by atoms with van der Waals surface area (Å²) in [6, 6.07) is 16.1. The third-order valence-electron chi connectivity index (χ3n) is 14.0. The predicted molar refractivity (Wildman–Crippen MR) is 297 cm³/mol. The molecule has 8 aromatic heterocycles. The van der Waals surface area contributed by atoms with Gasteiger partial charge >= 0.3 is 47.8 Å². The monoisotopic (exact) mass is 1310 g/mol. The molecular formula is C60H46N8O27. The van der Waals surface area contributed by atoms with Crippen LogP contribution in [0.1, 0.15) is 82.9 Å². The molecule has 0 unspecified atom stereocenters. The first-order valence-corrected chi connectivity index (χ1v) is 27.7. The van der Waals surface area contributed by atoms with Gasteiger partial charge in [-0.15, -0.1) is 0 Å². The molecule has 0 N–H and O–H groups in total. The second kappa shape index (κ2) is 29.0. The molecule has 2 fully saturated rings. The highest BCUT2D eigenvalue weighted by molar-refractivity contribution is 5.93. The fourth-order valence-electron chi connectivity index (χ4n) is 9.21. The Bertz CT molecular complexity index is 4080. The molecule has 10 rings (SSSR count). The Morgan fingerprint density at radius 2 is 0.463 bits per heavy atom. The first-order chi connectivity index (χ1) is 45.6. The number of carbonyl (C=O) groups excluding carboxylic acids is 8. The van der Waals surface area contributed by atoms with Gasteiger partial charge in [0, 0.05) is 97.1 Å². The van der Waals surface area contributed by atoms with Crippen LogP contribution in [0.4, 0.5) is 0 Å². The van der Waals surface area contributed by atoms with Crippen LogP contribution in [0.3, 0.4) is 0 Å². The Morgan fingerprint density at radius 1 is 0.263 bits per heavy atom. The lowest BCUT2D eigenvalue weighted by molar-refractivity contribution is -0.605. The largest absolute Gasteiger partial charge is 0.619 e. The zero-order valence-electron chi connectivity index (χ0n) is 48.3. The highest BCUT2D eigenvalue weighted by Gasteiger charge is 2.59. The maximum absolute atomic E-state index is 14.7. The highest BCUT2D eigenvalue weighted by Crippen LogP contribution is 2.37. The van der Waals surface area contributed by atoms with Gasteiger partial charge in [0.15, 0.2) is 130 Å². The third kappa shape index (κ3) is 16.2. The number of aromatic nitrogens is 8. The summed E-state index contributed by atoms with van der Waals surface area (Å²) in [5.74, 6) is -10.6. The summed E-state index contributed by atoms with van der Waals surface area (Å²) in [6.07, 6.45) is -8.81. The number of ether oxygens (including phenoxy) is 11. The van der Waals surface area contributed by atoms with Crippen molar-refractivity contribution in [3.63, 3.8) is 0 Å². The molecule has 0 aliphatic carbocycles. The van der Waals surface area contributed by atoms with Crippen molar-refractivity contribution in [3.8, 4) is 0 Å². The predicted octanol–water partition coefficient (Wildman–Crippen LogP) is -1.41. The maximum atomic E-state index is 14.7. The number of hydrogen-bond acceptors (Lipinski definition) is 27. The Morgan fingerprint density at radius 3 is 0.747 bits per heavy atom. The SMILES string of the molecule is O=C(OC[C@H]1O[C@@H](O[C@H]2[C@H](OC(=O)c3cc[n+]([O-])cc3)[C@@H](OC(=O)c3cc[n+]([O-])cc3)[C@H](OC(=O)c3cc[n+]([O-])cc3)O[C@@H]2COC(=O)c2cc[n+]([O-])cc2)[C@H](OC(=O)c2cc[n+]([O-])cc2)[C@@H](OC(=O)c2cc[n+]([O-])cc2)[C@@H]1OC(=O)c1cc[n+]([O-])cc1)c1cc[n+]([O-])cc1. The lowest BCUT2D eigenvalue weighted by Crippen LogP contribution is -2.67. The van der Waals surface area contributed by atoms with E-state index in [1.54, 1.807) is 0 Å². The van der Waals surface area contributed by atoms with E-state index >= 15 is 0 Å². The van der Waals surface area contributed by atoms with E-state index in [2.05, 4.69) is 0 Å². The maximum Gasteiger partial charge on any atom is 0.341 e. The van der Waals surface area contributed by atoms with Crippen molar-refractivity contribution in [2.24, 2.45) is 0 Å². The second-order valence-corrected chi connectivity index (χ2v) is 20.2. The Kier molecular flexibility index (Phi) is 19.9. The van der Waals surface area contributed by atoms with Crippen molar-refractivity contribution >= 4 is 47.8 Å². The minimum Gasteiger partial charge on any atom is -0.619 e. The van der Waals surface area contributed by atoms with Crippen molar-refractivity contribution in [3.05, 3.63) is 282 Å². The second-order valence-electron chi connectivity index (χ2n) is 20.2. The average Bonchev–Trinajstić information content (AvgIpc) is 0.773. The fourth-order valence-corrected chi connectivity index (χ4v) is 9.21. The minimum atomic E-state index is -2.51. The molecule has 95 heavy (non-hydrogen) atoms. The van der Waals surface area contributed by atoms with Crippen LogP contribution in [-0.2, 0) is 52.1 Å². The van der Waals surface area contributed by atoms with Gasteiger partial charge < -0.3 is 93.8 Å². The van der Waals surface area contributed by atoms with Crippen molar-refractivity contribution in [2.75, 3.05) is 13.2 Å². The Balaban J connectivity index is 1.16. The van der Waals surface area contributed by atoms with E-state index in [0.717, 1.165) is 196 Å². The van der Waals surface area contributed by atoms with Crippen LogP contribution in [0, 0.1) is 41.7 Å². The van der Waals surface area contributed by atoms with Gasteiger partial charge in [0.2, 0.25) is 12.4 Å². The number of hydrogen-bond donors (Lipinski definition) is 0.